The highest BCUT2D eigenvalue weighted by molar-refractivity contribution is 5.93. The zero-order valence-electron chi connectivity index (χ0n) is 23.3. The van der Waals surface area contributed by atoms with Crippen LogP contribution in [-0.4, -0.2) is 121 Å². The zero-order valence-corrected chi connectivity index (χ0v) is 23.3. The van der Waals surface area contributed by atoms with Crippen molar-refractivity contribution in [1.29, 1.82) is 0 Å². The normalized spacial score (nSPS) is 32.5. The van der Waals surface area contributed by atoms with E-state index in [1.165, 1.54) is 38.3 Å². The SMILES string of the molecule is COc1c(O)cc(O)c2c(=O)c(O[C@@H]3OC(CO)[C@H](O)C(O)C3O[C@@H]3OC(C)[C@H](O)C(O)[C@@H]3O)c(-c3ccc(O)cc3)oc12. The molecule has 0 spiro atoms. The molecule has 2 fully saturated rings. The third kappa shape index (κ3) is 5.51. The Balaban J connectivity index is 1.64. The van der Waals surface area contributed by atoms with Gasteiger partial charge in [-0.25, -0.2) is 0 Å². The highest BCUT2D eigenvalue weighted by Crippen LogP contribution is 2.43. The molecule has 9 N–H and O–H groups in total. The number of phenolic OH excluding ortho intramolecular Hbond substituents is 3. The van der Waals surface area contributed by atoms with Crippen molar-refractivity contribution in [3.8, 4) is 40.1 Å². The molecule has 2 saturated heterocycles. The van der Waals surface area contributed by atoms with Crippen LogP contribution in [0.15, 0.2) is 39.5 Å². The predicted molar refractivity (Wildman–Crippen MR) is 145 cm³/mol. The van der Waals surface area contributed by atoms with Crippen LogP contribution in [0, 0.1) is 0 Å². The minimum Gasteiger partial charge on any atom is -0.508 e. The molecule has 0 amide bonds. The zero-order chi connectivity index (χ0) is 32.0. The second kappa shape index (κ2) is 12.4. The van der Waals surface area contributed by atoms with Gasteiger partial charge in [0.05, 0.1) is 19.8 Å². The Bertz CT molecular complexity index is 1540. The van der Waals surface area contributed by atoms with Gasteiger partial charge >= 0.3 is 0 Å². The predicted octanol–water partition coefficient (Wildman–Crippen LogP) is -1.38. The first-order valence-corrected chi connectivity index (χ1v) is 13.4. The summed E-state index contributed by atoms with van der Waals surface area (Å²) in [4.78, 5) is 13.9. The van der Waals surface area contributed by atoms with Crippen molar-refractivity contribution in [1.82, 2.24) is 0 Å². The molecular formula is C28H32O16. The molecule has 240 valence electrons. The summed E-state index contributed by atoms with van der Waals surface area (Å²) in [6.07, 6.45) is -16.5. The molecule has 2 aliphatic heterocycles. The maximum Gasteiger partial charge on any atom is 0.239 e. The van der Waals surface area contributed by atoms with Crippen molar-refractivity contribution in [2.45, 2.75) is 68.3 Å². The first-order chi connectivity index (χ1) is 20.9. The summed E-state index contributed by atoms with van der Waals surface area (Å²) in [7, 11) is 1.19. The summed E-state index contributed by atoms with van der Waals surface area (Å²) in [6.45, 7) is 0.570. The molecule has 0 radical (unpaired) electrons. The van der Waals surface area contributed by atoms with Crippen LogP contribution < -0.4 is 14.9 Å². The van der Waals surface area contributed by atoms with Crippen LogP contribution in [0.2, 0.25) is 0 Å². The molecule has 1 aromatic heterocycles. The lowest BCUT2D eigenvalue weighted by molar-refractivity contribution is -0.354. The fraction of sp³-hybridized carbons (Fsp3) is 0.464. The largest absolute Gasteiger partial charge is 0.508 e. The maximum atomic E-state index is 13.9. The van der Waals surface area contributed by atoms with E-state index in [9.17, 15) is 50.8 Å². The topological polar surface area (TPSA) is 258 Å². The maximum absolute atomic E-state index is 13.9. The summed E-state index contributed by atoms with van der Waals surface area (Å²) in [6, 6.07) is 6.09. The molecule has 5 unspecified atom stereocenters. The molecule has 44 heavy (non-hydrogen) atoms. The summed E-state index contributed by atoms with van der Waals surface area (Å²) in [5.74, 6) is -2.66. The van der Waals surface area contributed by atoms with Gasteiger partial charge in [0.25, 0.3) is 0 Å². The van der Waals surface area contributed by atoms with E-state index in [-0.39, 0.29) is 28.4 Å². The van der Waals surface area contributed by atoms with Crippen LogP contribution in [0.4, 0.5) is 0 Å². The van der Waals surface area contributed by atoms with Crippen molar-refractivity contribution in [3.63, 3.8) is 0 Å². The van der Waals surface area contributed by atoms with Crippen molar-refractivity contribution in [2.24, 2.45) is 0 Å². The van der Waals surface area contributed by atoms with Gasteiger partial charge in [0.1, 0.15) is 53.5 Å². The molecule has 3 heterocycles. The lowest BCUT2D eigenvalue weighted by Crippen LogP contribution is -2.64. The highest BCUT2D eigenvalue weighted by Gasteiger charge is 2.51. The first-order valence-electron chi connectivity index (χ1n) is 13.4. The smallest absolute Gasteiger partial charge is 0.239 e. The Labute approximate surface area is 248 Å². The summed E-state index contributed by atoms with van der Waals surface area (Å²) in [5, 5.41) is 92.3. The second-order valence-corrected chi connectivity index (χ2v) is 10.4. The van der Waals surface area contributed by atoms with Gasteiger partial charge in [-0.3, -0.25) is 4.79 Å². The number of methoxy groups -OCH3 is 1. The van der Waals surface area contributed by atoms with Gasteiger partial charge in [0.15, 0.2) is 29.5 Å². The quantitative estimate of drug-likeness (QED) is 0.147. The Hall–Kier alpha value is -3.71. The number of rotatable bonds is 7. The van der Waals surface area contributed by atoms with Crippen LogP contribution >= 0.6 is 0 Å². The van der Waals surface area contributed by atoms with Gasteiger partial charge < -0.3 is 74.1 Å². The van der Waals surface area contributed by atoms with Gasteiger partial charge in [-0.1, -0.05) is 0 Å². The van der Waals surface area contributed by atoms with Crippen LogP contribution in [0.1, 0.15) is 6.92 Å². The fourth-order valence-corrected chi connectivity index (χ4v) is 5.10. The van der Waals surface area contributed by atoms with E-state index in [1.807, 2.05) is 0 Å². The van der Waals surface area contributed by atoms with Gasteiger partial charge in [0, 0.05) is 11.6 Å². The van der Waals surface area contributed by atoms with Crippen LogP contribution in [0.3, 0.4) is 0 Å². The molecule has 16 heteroatoms. The van der Waals surface area contributed by atoms with Crippen LogP contribution in [0.25, 0.3) is 22.3 Å². The number of fused-ring (bicyclic) bond motifs is 1. The van der Waals surface area contributed by atoms with Crippen LogP contribution in [0.5, 0.6) is 28.7 Å². The average molecular weight is 625 g/mol. The van der Waals surface area contributed by atoms with Gasteiger partial charge in [0.2, 0.25) is 23.2 Å². The lowest BCUT2D eigenvalue weighted by atomic mass is 9.97. The van der Waals surface area contributed by atoms with E-state index in [1.54, 1.807) is 0 Å². The van der Waals surface area contributed by atoms with E-state index in [0.717, 1.165) is 6.07 Å². The molecule has 3 aromatic rings. The Kier molecular flexibility index (Phi) is 8.90. The van der Waals surface area contributed by atoms with Crippen molar-refractivity contribution in [2.75, 3.05) is 13.7 Å². The highest BCUT2D eigenvalue weighted by atomic mass is 16.8. The molecule has 2 aromatic carbocycles. The second-order valence-electron chi connectivity index (χ2n) is 10.4. The number of hydrogen-bond acceptors (Lipinski definition) is 16. The molecule has 5 rings (SSSR count). The molecule has 2 aliphatic rings. The first kappa shape index (κ1) is 31.7. The number of phenols is 3. The summed E-state index contributed by atoms with van der Waals surface area (Å²) >= 11 is 0. The van der Waals surface area contributed by atoms with Gasteiger partial charge in [-0.2, -0.15) is 0 Å². The molecular weight excluding hydrogens is 592 g/mol. The summed E-state index contributed by atoms with van der Waals surface area (Å²) < 4.78 is 33.8. The van der Waals surface area contributed by atoms with E-state index in [4.69, 9.17) is 28.1 Å². The summed E-state index contributed by atoms with van der Waals surface area (Å²) in [5.41, 5.74) is -1.24. The van der Waals surface area contributed by atoms with Crippen molar-refractivity contribution >= 4 is 11.0 Å². The third-order valence-corrected chi connectivity index (χ3v) is 7.53. The molecule has 0 bridgehead atoms. The monoisotopic (exact) mass is 624 g/mol. The number of benzene rings is 2. The Morgan fingerprint density at radius 1 is 0.818 bits per heavy atom. The standard InChI is InChI=1S/C28H32O16/c1-9-16(33)19(36)21(38)27(40-9)44-26-20(37)17(34)14(8-29)41-28(26)43-25-18(35)15-12(31)7-13(32)23(39-2)24(15)42-22(25)10-3-5-11(30)6-4-10/h3-7,9,14,16-17,19-21,26-34,36-38H,8H2,1-2H3/t9?,14?,16-,17-,19?,20?,21-,26?,27-,28-/m0/s1. The van der Waals surface area contributed by atoms with Crippen LogP contribution in [-0.2, 0) is 14.2 Å². The van der Waals surface area contributed by atoms with Crippen molar-refractivity contribution in [3.05, 3.63) is 40.6 Å². The van der Waals surface area contributed by atoms with E-state index in [0.29, 0.717) is 0 Å². The average Bonchev–Trinajstić information content (AvgIpc) is 2.99. The molecule has 10 atom stereocenters. The Morgan fingerprint density at radius 2 is 1.50 bits per heavy atom. The number of aromatic hydroxyl groups is 3. The Morgan fingerprint density at radius 3 is 2.14 bits per heavy atom. The fourth-order valence-electron chi connectivity index (χ4n) is 5.10. The number of aliphatic hydroxyl groups is 6. The lowest BCUT2D eigenvalue weighted by Gasteiger charge is -2.45. The van der Waals surface area contributed by atoms with E-state index >= 15 is 0 Å². The van der Waals surface area contributed by atoms with Crippen molar-refractivity contribution < 1.29 is 74.1 Å². The number of aliphatic hydroxyl groups excluding tert-OH is 6. The van der Waals surface area contributed by atoms with E-state index < -0.39 is 96.1 Å². The van der Waals surface area contributed by atoms with E-state index in [2.05, 4.69) is 0 Å². The number of hydrogen-bond donors (Lipinski definition) is 9. The minimum atomic E-state index is -1.89. The molecule has 0 saturated carbocycles. The van der Waals surface area contributed by atoms with Gasteiger partial charge in [-0.05, 0) is 31.2 Å². The molecule has 0 aliphatic carbocycles. The van der Waals surface area contributed by atoms with Gasteiger partial charge in [-0.15, -0.1) is 0 Å². The third-order valence-electron chi connectivity index (χ3n) is 7.53. The minimum absolute atomic E-state index is 0.133. The number of ether oxygens (including phenoxy) is 5. The molecule has 16 nitrogen and oxygen atoms in total.